The number of aromatic nitrogens is 2. The number of likely N-dealkylation sites (tertiary alicyclic amines) is 1. The van der Waals surface area contributed by atoms with E-state index in [2.05, 4.69) is 34.2 Å². The van der Waals surface area contributed by atoms with Gasteiger partial charge in [-0.2, -0.15) is 0 Å². The average molecular weight is 349 g/mol. The number of hydrogen-bond acceptors (Lipinski definition) is 4. The largest absolute Gasteiger partial charge is 0.448 e. The minimum absolute atomic E-state index is 0.00453. The highest BCUT2D eigenvalue weighted by molar-refractivity contribution is 5.93. The molecule has 0 radical (unpaired) electrons. The number of carbonyl (C=O) groups excluding carboxylic acids is 1. The molecule has 1 aromatic carbocycles. The predicted molar refractivity (Wildman–Crippen MR) is 99.9 cm³/mol. The number of oxazole rings is 1. The number of benzene rings is 1. The number of aryl methyl sites for hydroxylation is 1. The van der Waals surface area contributed by atoms with Gasteiger partial charge >= 0.3 is 0 Å². The number of fused-ring (bicyclic) bond motifs is 1. The lowest BCUT2D eigenvalue weighted by Crippen LogP contribution is -2.32. The molecule has 4 rings (SSSR count). The fraction of sp³-hybridized carbons (Fsp3) is 0.381. The first-order valence-electron chi connectivity index (χ1n) is 9.23. The number of pyridine rings is 1. The molecule has 1 fully saturated rings. The Morgan fingerprint density at radius 3 is 3.00 bits per heavy atom. The Hall–Kier alpha value is -2.69. The van der Waals surface area contributed by atoms with Crippen LogP contribution in [0.4, 0.5) is 0 Å². The second-order valence-electron chi connectivity index (χ2n) is 7.11. The molecular weight excluding hydrogens is 326 g/mol. The van der Waals surface area contributed by atoms with E-state index in [9.17, 15) is 4.79 Å². The van der Waals surface area contributed by atoms with Crippen LogP contribution in [0, 0.1) is 12.8 Å². The van der Waals surface area contributed by atoms with Crippen LogP contribution in [-0.4, -0.2) is 33.9 Å². The summed E-state index contributed by atoms with van der Waals surface area (Å²) >= 11 is 0. The third-order valence-electron chi connectivity index (χ3n) is 5.31. The number of hydrogen-bond donors (Lipinski definition) is 0. The summed E-state index contributed by atoms with van der Waals surface area (Å²) in [6.45, 7) is 3.37. The Morgan fingerprint density at radius 1 is 1.23 bits per heavy atom. The lowest BCUT2D eigenvalue weighted by atomic mass is 9.92. The number of rotatable bonds is 3. The van der Waals surface area contributed by atoms with Crippen LogP contribution in [-0.2, 0) is 6.42 Å². The van der Waals surface area contributed by atoms with Gasteiger partial charge < -0.3 is 9.32 Å². The Balaban J connectivity index is 1.41. The Bertz CT molecular complexity index is 918. The summed E-state index contributed by atoms with van der Waals surface area (Å²) in [5.41, 5.74) is 1.81. The number of nitrogens with zero attached hydrogens (tertiary/aromatic N) is 3. The van der Waals surface area contributed by atoms with E-state index >= 15 is 0 Å². The van der Waals surface area contributed by atoms with Crippen molar-refractivity contribution in [2.24, 2.45) is 5.92 Å². The Morgan fingerprint density at radius 2 is 2.15 bits per heavy atom. The van der Waals surface area contributed by atoms with Crippen LogP contribution in [0.15, 0.2) is 47.5 Å². The molecule has 0 saturated carbocycles. The summed E-state index contributed by atoms with van der Waals surface area (Å²) in [6.07, 6.45) is 9.35. The minimum atomic E-state index is -0.00453. The van der Waals surface area contributed by atoms with Crippen LogP contribution < -0.4 is 0 Å². The molecule has 0 aliphatic carbocycles. The van der Waals surface area contributed by atoms with E-state index in [0.717, 1.165) is 38.8 Å². The van der Waals surface area contributed by atoms with Gasteiger partial charge in [0.1, 0.15) is 5.76 Å². The second-order valence-corrected chi connectivity index (χ2v) is 7.11. The normalized spacial score (nSPS) is 18.0. The van der Waals surface area contributed by atoms with Crippen molar-refractivity contribution in [1.82, 2.24) is 14.9 Å². The molecule has 2 aromatic heterocycles. The van der Waals surface area contributed by atoms with Crippen molar-refractivity contribution in [3.8, 4) is 0 Å². The molecule has 1 amide bonds. The Kier molecular flexibility index (Phi) is 4.69. The third-order valence-corrected chi connectivity index (χ3v) is 5.31. The minimum Gasteiger partial charge on any atom is -0.448 e. The maximum atomic E-state index is 12.6. The van der Waals surface area contributed by atoms with Gasteiger partial charge in [0.2, 0.25) is 0 Å². The van der Waals surface area contributed by atoms with Crippen LogP contribution in [0.25, 0.3) is 10.8 Å². The van der Waals surface area contributed by atoms with E-state index in [1.54, 1.807) is 6.92 Å². The van der Waals surface area contributed by atoms with E-state index in [4.69, 9.17) is 4.42 Å². The molecule has 0 bridgehead atoms. The zero-order valence-electron chi connectivity index (χ0n) is 15.0. The molecule has 0 unspecified atom stereocenters. The van der Waals surface area contributed by atoms with E-state index in [1.165, 1.54) is 22.7 Å². The van der Waals surface area contributed by atoms with E-state index < -0.39 is 0 Å². The maximum Gasteiger partial charge on any atom is 0.276 e. The molecule has 0 spiro atoms. The number of carbonyl (C=O) groups is 1. The van der Waals surface area contributed by atoms with Crippen molar-refractivity contribution < 1.29 is 9.21 Å². The highest BCUT2D eigenvalue weighted by Gasteiger charge is 2.24. The predicted octanol–water partition coefficient (Wildman–Crippen LogP) is 4.02. The first-order chi connectivity index (χ1) is 12.7. The topological polar surface area (TPSA) is 59.2 Å². The SMILES string of the molecule is Cc1ocnc1C(=O)N1CCC[C@@H](Cc2ccc3cnccc3c2)CC1. The van der Waals surface area contributed by atoms with Gasteiger partial charge in [-0.05, 0) is 55.5 Å². The summed E-state index contributed by atoms with van der Waals surface area (Å²) in [4.78, 5) is 22.8. The molecule has 26 heavy (non-hydrogen) atoms. The molecule has 1 aliphatic heterocycles. The summed E-state index contributed by atoms with van der Waals surface area (Å²) in [7, 11) is 0. The van der Waals surface area contributed by atoms with Crippen LogP contribution >= 0.6 is 0 Å². The molecule has 5 heteroatoms. The van der Waals surface area contributed by atoms with Crippen molar-refractivity contribution in [1.29, 1.82) is 0 Å². The van der Waals surface area contributed by atoms with Crippen LogP contribution in [0.5, 0.6) is 0 Å². The monoisotopic (exact) mass is 349 g/mol. The lowest BCUT2D eigenvalue weighted by molar-refractivity contribution is 0.0753. The quantitative estimate of drug-likeness (QED) is 0.717. The van der Waals surface area contributed by atoms with Gasteiger partial charge in [0, 0.05) is 30.9 Å². The molecule has 1 saturated heterocycles. The zero-order chi connectivity index (χ0) is 17.9. The van der Waals surface area contributed by atoms with Crippen molar-refractivity contribution in [2.75, 3.05) is 13.1 Å². The summed E-state index contributed by atoms with van der Waals surface area (Å²) in [6, 6.07) is 8.68. The van der Waals surface area contributed by atoms with Gasteiger partial charge in [0.05, 0.1) is 0 Å². The van der Waals surface area contributed by atoms with Crippen molar-refractivity contribution in [3.63, 3.8) is 0 Å². The molecule has 0 N–H and O–H groups in total. The first kappa shape index (κ1) is 16.8. The van der Waals surface area contributed by atoms with E-state index in [0.29, 0.717) is 17.4 Å². The van der Waals surface area contributed by atoms with Crippen molar-refractivity contribution in [3.05, 3.63) is 60.1 Å². The van der Waals surface area contributed by atoms with Gasteiger partial charge in [0.15, 0.2) is 12.1 Å². The second kappa shape index (κ2) is 7.28. The summed E-state index contributed by atoms with van der Waals surface area (Å²) in [5, 5.41) is 2.42. The third kappa shape index (κ3) is 3.47. The van der Waals surface area contributed by atoms with Gasteiger partial charge in [0.25, 0.3) is 5.91 Å². The molecule has 3 aromatic rings. The van der Waals surface area contributed by atoms with Crippen LogP contribution in [0.3, 0.4) is 0 Å². The van der Waals surface area contributed by atoms with Gasteiger partial charge in [-0.1, -0.05) is 18.2 Å². The molecule has 3 heterocycles. The molecule has 1 aliphatic rings. The van der Waals surface area contributed by atoms with E-state index in [-0.39, 0.29) is 5.91 Å². The highest BCUT2D eigenvalue weighted by atomic mass is 16.3. The highest BCUT2D eigenvalue weighted by Crippen LogP contribution is 2.25. The van der Waals surface area contributed by atoms with Gasteiger partial charge in [-0.25, -0.2) is 4.98 Å². The van der Waals surface area contributed by atoms with Gasteiger partial charge in [-0.3, -0.25) is 9.78 Å². The van der Waals surface area contributed by atoms with Crippen molar-refractivity contribution in [2.45, 2.75) is 32.6 Å². The Labute approximate surface area is 153 Å². The zero-order valence-corrected chi connectivity index (χ0v) is 15.0. The smallest absolute Gasteiger partial charge is 0.276 e. The fourth-order valence-corrected chi connectivity index (χ4v) is 3.83. The van der Waals surface area contributed by atoms with Crippen LogP contribution in [0.1, 0.15) is 41.1 Å². The standard InChI is InChI=1S/C21H23N3O2/c1-15-20(23-14-26-15)21(25)24-9-2-3-16(7-10-24)11-17-4-5-19-13-22-8-6-18(19)12-17/h4-6,8,12-14,16H,2-3,7,9-11H2,1H3/t16-/m1/s1. The molecule has 134 valence electrons. The first-order valence-corrected chi connectivity index (χ1v) is 9.23. The fourth-order valence-electron chi connectivity index (χ4n) is 3.83. The molecular formula is C21H23N3O2. The van der Waals surface area contributed by atoms with E-state index in [1.807, 2.05) is 17.3 Å². The number of amides is 1. The molecule has 5 nitrogen and oxygen atoms in total. The summed E-state index contributed by atoms with van der Waals surface area (Å²) < 4.78 is 5.18. The lowest BCUT2D eigenvalue weighted by Gasteiger charge is -2.19. The van der Waals surface area contributed by atoms with Crippen molar-refractivity contribution >= 4 is 16.7 Å². The molecule has 1 atom stereocenters. The maximum absolute atomic E-state index is 12.6. The van der Waals surface area contributed by atoms with Crippen LogP contribution in [0.2, 0.25) is 0 Å². The van der Waals surface area contributed by atoms with Gasteiger partial charge in [-0.15, -0.1) is 0 Å². The summed E-state index contributed by atoms with van der Waals surface area (Å²) in [5.74, 6) is 1.20. The average Bonchev–Trinajstić information content (AvgIpc) is 2.95.